The number of halogens is 1. The molecule has 1 aliphatic heterocycles. The van der Waals surface area contributed by atoms with E-state index in [1.165, 1.54) is 0 Å². The van der Waals surface area contributed by atoms with Crippen LogP contribution in [-0.4, -0.2) is 42.6 Å². The summed E-state index contributed by atoms with van der Waals surface area (Å²) in [5, 5.41) is 12.0. The van der Waals surface area contributed by atoms with Gasteiger partial charge in [-0.05, 0) is 31.5 Å². The van der Waals surface area contributed by atoms with Gasteiger partial charge in [0.15, 0.2) is 0 Å². The maximum Gasteiger partial charge on any atom is 0.224 e. The van der Waals surface area contributed by atoms with Crippen LogP contribution in [0.3, 0.4) is 0 Å². The quantitative estimate of drug-likeness (QED) is 0.836. The fourth-order valence-corrected chi connectivity index (χ4v) is 2.66. The van der Waals surface area contributed by atoms with Gasteiger partial charge in [-0.15, -0.1) is 12.4 Å². The van der Waals surface area contributed by atoms with Crippen molar-refractivity contribution >= 4 is 18.3 Å². The minimum absolute atomic E-state index is 0. The highest BCUT2D eigenvalue weighted by Gasteiger charge is 2.25. The smallest absolute Gasteiger partial charge is 0.224 e. The summed E-state index contributed by atoms with van der Waals surface area (Å²) < 4.78 is 5.64. The van der Waals surface area contributed by atoms with E-state index in [1.807, 2.05) is 30.9 Å². The Morgan fingerprint density at radius 2 is 1.91 bits per heavy atom. The third kappa shape index (κ3) is 6.19. The molecule has 6 heteroatoms. The van der Waals surface area contributed by atoms with Crippen molar-refractivity contribution in [1.82, 2.24) is 10.2 Å². The van der Waals surface area contributed by atoms with Gasteiger partial charge in [-0.2, -0.15) is 5.26 Å². The molecular weight excluding hydrogens is 314 g/mol. The predicted octanol–water partition coefficient (Wildman–Crippen LogP) is 2.10. The van der Waals surface area contributed by atoms with Crippen molar-refractivity contribution in [3.8, 4) is 6.07 Å². The van der Waals surface area contributed by atoms with E-state index in [4.69, 9.17) is 10.00 Å². The Hall–Kier alpha value is -1.61. The van der Waals surface area contributed by atoms with Crippen LogP contribution in [0.15, 0.2) is 24.3 Å². The van der Waals surface area contributed by atoms with Gasteiger partial charge in [0.1, 0.15) is 0 Å². The maximum atomic E-state index is 12.2. The Morgan fingerprint density at radius 3 is 2.48 bits per heavy atom. The molecule has 1 aromatic rings. The number of nitrogens with one attached hydrogen (secondary N) is 1. The summed E-state index contributed by atoms with van der Waals surface area (Å²) in [6.45, 7) is 6.71. The van der Waals surface area contributed by atoms with Gasteiger partial charge in [0.05, 0.1) is 23.8 Å². The number of benzene rings is 1. The summed E-state index contributed by atoms with van der Waals surface area (Å²) in [5.41, 5.74) is 1.77. The molecule has 1 N–H and O–H groups in total. The monoisotopic (exact) mass is 337 g/mol. The van der Waals surface area contributed by atoms with E-state index >= 15 is 0 Å². The number of ether oxygens (including phenoxy) is 1. The van der Waals surface area contributed by atoms with Crippen LogP contribution in [0.2, 0.25) is 0 Å². The Kier molecular flexibility index (Phi) is 8.04. The zero-order valence-electron chi connectivity index (χ0n) is 13.6. The van der Waals surface area contributed by atoms with Gasteiger partial charge in [0, 0.05) is 32.6 Å². The fourth-order valence-electron chi connectivity index (χ4n) is 2.66. The molecule has 0 spiro atoms. The van der Waals surface area contributed by atoms with Crippen molar-refractivity contribution in [2.45, 2.75) is 39.0 Å². The SMILES string of the molecule is CC1CN(C(=O)CCNCc2ccc(C#N)cc2)CC(C)O1.Cl. The number of carbonyl (C=O) groups excluding carboxylic acids is 1. The van der Waals surface area contributed by atoms with Gasteiger partial charge < -0.3 is 15.0 Å². The second-order valence-corrected chi connectivity index (χ2v) is 5.79. The molecule has 0 aromatic heterocycles. The van der Waals surface area contributed by atoms with E-state index in [1.54, 1.807) is 12.1 Å². The third-order valence-corrected chi connectivity index (χ3v) is 3.70. The molecule has 23 heavy (non-hydrogen) atoms. The molecule has 0 bridgehead atoms. The minimum Gasteiger partial charge on any atom is -0.372 e. The second kappa shape index (κ2) is 9.51. The Balaban J connectivity index is 0.00000264. The molecule has 2 atom stereocenters. The first-order valence-corrected chi connectivity index (χ1v) is 7.71. The molecule has 126 valence electrons. The van der Waals surface area contributed by atoms with E-state index in [0.717, 1.165) is 5.56 Å². The molecule has 1 saturated heterocycles. The highest BCUT2D eigenvalue weighted by atomic mass is 35.5. The average Bonchev–Trinajstić information content (AvgIpc) is 2.51. The molecule has 5 nitrogen and oxygen atoms in total. The van der Waals surface area contributed by atoms with E-state index in [2.05, 4.69) is 11.4 Å². The molecule has 1 aromatic carbocycles. The molecule has 2 unspecified atom stereocenters. The van der Waals surface area contributed by atoms with Crippen LogP contribution >= 0.6 is 12.4 Å². The maximum absolute atomic E-state index is 12.2. The molecule has 0 saturated carbocycles. The van der Waals surface area contributed by atoms with Crippen molar-refractivity contribution in [3.63, 3.8) is 0 Å². The Morgan fingerprint density at radius 1 is 1.30 bits per heavy atom. The standard InChI is InChI=1S/C17H23N3O2.ClH/c1-13-11-20(12-14(2)22-13)17(21)7-8-19-10-16-5-3-15(9-18)4-6-16;/h3-6,13-14,19H,7-8,10-12H2,1-2H3;1H. The average molecular weight is 338 g/mol. The lowest BCUT2D eigenvalue weighted by molar-refractivity contribution is -0.143. The number of nitrogens with zero attached hydrogens (tertiary/aromatic N) is 2. The first-order chi connectivity index (χ1) is 10.6. The Bertz CT molecular complexity index is 532. The molecule has 1 amide bonds. The van der Waals surface area contributed by atoms with Gasteiger partial charge in [0.25, 0.3) is 0 Å². The van der Waals surface area contributed by atoms with E-state index in [-0.39, 0.29) is 30.5 Å². The zero-order chi connectivity index (χ0) is 15.9. The van der Waals surface area contributed by atoms with E-state index < -0.39 is 0 Å². The lowest BCUT2D eigenvalue weighted by Gasteiger charge is -2.35. The number of hydrogen-bond donors (Lipinski definition) is 1. The normalized spacial score (nSPS) is 20.5. The van der Waals surface area contributed by atoms with E-state index in [9.17, 15) is 4.79 Å². The van der Waals surface area contributed by atoms with Crippen molar-refractivity contribution in [2.24, 2.45) is 0 Å². The van der Waals surface area contributed by atoms with Crippen molar-refractivity contribution in [2.75, 3.05) is 19.6 Å². The van der Waals surface area contributed by atoms with Gasteiger partial charge in [-0.25, -0.2) is 0 Å². The van der Waals surface area contributed by atoms with Crippen LogP contribution in [-0.2, 0) is 16.1 Å². The number of rotatable bonds is 5. The second-order valence-electron chi connectivity index (χ2n) is 5.79. The largest absolute Gasteiger partial charge is 0.372 e. The van der Waals surface area contributed by atoms with Gasteiger partial charge in [-0.1, -0.05) is 12.1 Å². The number of amides is 1. The first-order valence-electron chi connectivity index (χ1n) is 7.71. The lowest BCUT2D eigenvalue weighted by atomic mass is 10.1. The molecule has 2 rings (SSSR count). The van der Waals surface area contributed by atoms with Crippen LogP contribution in [0.25, 0.3) is 0 Å². The van der Waals surface area contributed by atoms with Crippen molar-refractivity contribution in [3.05, 3.63) is 35.4 Å². The van der Waals surface area contributed by atoms with E-state index in [0.29, 0.717) is 38.2 Å². The summed E-state index contributed by atoms with van der Waals surface area (Å²) in [4.78, 5) is 14.1. The van der Waals surface area contributed by atoms with Gasteiger partial charge in [-0.3, -0.25) is 4.79 Å². The third-order valence-electron chi connectivity index (χ3n) is 3.70. The van der Waals surface area contributed by atoms with Crippen LogP contribution < -0.4 is 5.32 Å². The fraction of sp³-hybridized carbons (Fsp3) is 0.529. The highest BCUT2D eigenvalue weighted by molar-refractivity contribution is 5.85. The molecule has 0 radical (unpaired) electrons. The molecule has 1 heterocycles. The highest BCUT2D eigenvalue weighted by Crippen LogP contribution is 2.11. The molecule has 1 aliphatic rings. The van der Waals surface area contributed by atoms with Crippen molar-refractivity contribution in [1.29, 1.82) is 5.26 Å². The van der Waals surface area contributed by atoms with Crippen LogP contribution in [0.5, 0.6) is 0 Å². The summed E-state index contributed by atoms with van der Waals surface area (Å²) in [5.74, 6) is 0.175. The molecular formula is C17H24ClN3O2. The number of carbonyl (C=O) groups is 1. The van der Waals surface area contributed by atoms with Crippen LogP contribution in [0.4, 0.5) is 0 Å². The summed E-state index contributed by atoms with van der Waals surface area (Å²) in [7, 11) is 0. The number of morpholine rings is 1. The Labute approximate surface area is 144 Å². The summed E-state index contributed by atoms with van der Waals surface area (Å²) >= 11 is 0. The summed E-state index contributed by atoms with van der Waals surface area (Å²) in [6.07, 6.45) is 0.717. The number of hydrogen-bond acceptors (Lipinski definition) is 4. The predicted molar refractivity (Wildman–Crippen MR) is 91.3 cm³/mol. The lowest BCUT2D eigenvalue weighted by Crippen LogP contribution is -2.48. The van der Waals surface area contributed by atoms with Gasteiger partial charge >= 0.3 is 0 Å². The van der Waals surface area contributed by atoms with Gasteiger partial charge in [0.2, 0.25) is 5.91 Å². The van der Waals surface area contributed by atoms with Crippen LogP contribution in [0.1, 0.15) is 31.4 Å². The molecule has 0 aliphatic carbocycles. The molecule has 1 fully saturated rings. The van der Waals surface area contributed by atoms with Crippen molar-refractivity contribution < 1.29 is 9.53 Å². The minimum atomic E-state index is 0. The number of nitriles is 1. The van der Waals surface area contributed by atoms with Crippen LogP contribution in [0, 0.1) is 11.3 Å². The first kappa shape index (κ1) is 19.4. The summed E-state index contributed by atoms with van der Waals surface area (Å²) in [6, 6.07) is 9.57. The topological polar surface area (TPSA) is 65.4 Å². The zero-order valence-corrected chi connectivity index (χ0v) is 14.4.